The molecule has 6 heteroatoms. The summed E-state index contributed by atoms with van der Waals surface area (Å²) in [6, 6.07) is 15.0. The molecule has 0 unspecified atom stereocenters. The molecule has 0 bridgehead atoms. The molecule has 0 amide bonds. The van der Waals surface area contributed by atoms with Crippen molar-refractivity contribution in [2.75, 3.05) is 0 Å². The second-order valence-corrected chi connectivity index (χ2v) is 4.91. The first-order valence-corrected chi connectivity index (χ1v) is 6.81. The lowest BCUT2D eigenvalue weighted by Crippen LogP contribution is -2.02. The van der Waals surface area contributed by atoms with Gasteiger partial charge in [0.15, 0.2) is 0 Å². The van der Waals surface area contributed by atoms with Crippen LogP contribution in [0.2, 0.25) is 0 Å². The molecule has 6 nitrogen and oxygen atoms in total. The van der Waals surface area contributed by atoms with Crippen molar-refractivity contribution in [2.24, 2.45) is 0 Å². The summed E-state index contributed by atoms with van der Waals surface area (Å²) in [6.45, 7) is 0.402. The van der Waals surface area contributed by atoms with Crippen LogP contribution in [0.1, 0.15) is 5.89 Å². The number of phenols is 1. The maximum atomic E-state index is 9.69. The van der Waals surface area contributed by atoms with E-state index in [9.17, 15) is 5.11 Å². The molecule has 0 aliphatic heterocycles. The van der Waals surface area contributed by atoms with Gasteiger partial charge < -0.3 is 9.52 Å². The number of rotatable bonds is 3. The Balaban J connectivity index is 1.89. The summed E-state index contributed by atoms with van der Waals surface area (Å²) in [5, 5.41) is 22.9. The van der Waals surface area contributed by atoms with Gasteiger partial charge in [-0.05, 0) is 18.2 Å². The molecule has 0 radical (unpaired) electrons. The molecule has 1 N–H and O–H groups in total. The van der Waals surface area contributed by atoms with Gasteiger partial charge in [-0.2, -0.15) is 5.10 Å². The molecule has 0 aliphatic rings. The molecule has 0 saturated heterocycles. The average Bonchev–Trinajstić information content (AvgIpc) is 3.16. The second kappa shape index (κ2) is 5.00. The molecule has 4 rings (SSSR count). The third kappa shape index (κ3) is 2.10. The van der Waals surface area contributed by atoms with Gasteiger partial charge in [-0.15, -0.1) is 10.2 Å². The van der Waals surface area contributed by atoms with E-state index in [2.05, 4.69) is 15.3 Å². The zero-order chi connectivity index (χ0) is 14.9. The summed E-state index contributed by atoms with van der Waals surface area (Å²) < 4.78 is 7.02. The Kier molecular flexibility index (Phi) is 2.86. The smallest absolute Gasteiger partial charge is 0.237 e. The Labute approximate surface area is 125 Å². The molecule has 108 valence electrons. The van der Waals surface area contributed by atoms with Crippen molar-refractivity contribution in [2.45, 2.75) is 6.54 Å². The van der Waals surface area contributed by atoms with E-state index in [0.717, 1.165) is 22.2 Å². The van der Waals surface area contributed by atoms with Gasteiger partial charge in [0.2, 0.25) is 12.3 Å². The number of phenolic OH excluding ortho intramolecular Hbond substituents is 1. The number of aromatic hydroxyl groups is 1. The summed E-state index contributed by atoms with van der Waals surface area (Å²) in [7, 11) is 0. The zero-order valence-corrected chi connectivity index (χ0v) is 11.5. The number of hydrogen-bond acceptors (Lipinski definition) is 5. The number of aromatic nitrogens is 4. The van der Waals surface area contributed by atoms with Crippen LogP contribution >= 0.6 is 0 Å². The van der Waals surface area contributed by atoms with Crippen molar-refractivity contribution in [3.05, 3.63) is 60.8 Å². The van der Waals surface area contributed by atoms with Crippen LogP contribution in [0, 0.1) is 0 Å². The molecule has 2 aromatic carbocycles. The Morgan fingerprint density at radius 3 is 2.82 bits per heavy atom. The van der Waals surface area contributed by atoms with Gasteiger partial charge >= 0.3 is 0 Å². The van der Waals surface area contributed by atoms with Gasteiger partial charge in [-0.3, -0.25) is 4.68 Å². The van der Waals surface area contributed by atoms with Crippen molar-refractivity contribution in [1.82, 2.24) is 20.0 Å². The SMILES string of the molecule is Oc1cccc(-c2nn(Cc3nnco3)c3ccccc23)c1. The van der Waals surface area contributed by atoms with Gasteiger partial charge in [-0.25, -0.2) is 0 Å². The fourth-order valence-corrected chi connectivity index (χ4v) is 2.51. The van der Waals surface area contributed by atoms with Crippen LogP contribution < -0.4 is 0 Å². The van der Waals surface area contributed by atoms with E-state index in [1.54, 1.807) is 18.2 Å². The number of benzene rings is 2. The van der Waals surface area contributed by atoms with Gasteiger partial charge in [0.05, 0.1) is 5.52 Å². The molecule has 2 heterocycles. The highest BCUT2D eigenvalue weighted by Crippen LogP contribution is 2.29. The zero-order valence-electron chi connectivity index (χ0n) is 11.5. The maximum Gasteiger partial charge on any atom is 0.237 e. The maximum absolute atomic E-state index is 9.69. The molecule has 2 aromatic heterocycles. The fourth-order valence-electron chi connectivity index (χ4n) is 2.51. The minimum absolute atomic E-state index is 0.216. The lowest BCUT2D eigenvalue weighted by Gasteiger charge is -1.99. The van der Waals surface area contributed by atoms with Crippen LogP contribution in [0.4, 0.5) is 0 Å². The van der Waals surface area contributed by atoms with E-state index in [1.807, 2.05) is 35.0 Å². The molecular formula is C16H12N4O2. The molecule has 0 saturated carbocycles. The van der Waals surface area contributed by atoms with Crippen molar-refractivity contribution in [1.29, 1.82) is 0 Å². The van der Waals surface area contributed by atoms with Crippen molar-refractivity contribution in [3.8, 4) is 17.0 Å². The topological polar surface area (TPSA) is 77.0 Å². The van der Waals surface area contributed by atoms with Crippen LogP contribution in [0.25, 0.3) is 22.2 Å². The highest BCUT2D eigenvalue weighted by atomic mass is 16.4. The molecule has 0 fully saturated rings. The first kappa shape index (κ1) is 12.6. The highest BCUT2D eigenvalue weighted by molar-refractivity contribution is 5.93. The van der Waals surface area contributed by atoms with Crippen molar-refractivity contribution in [3.63, 3.8) is 0 Å². The Morgan fingerprint density at radius 2 is 2.00 bits per heavy atom. The minimum Gasteiger partial charge on any atom is -0.508 e. The van der Waals surface area contributed by atoms with Crippen LogP contribution in [-0.2, 0) is 6.54 Å². The van der Waals surface area contributed by atoms with E-state index in [-0.39, 0.29) is 5.75 Å². The van der Waals surface area contributed by atoms with Gasteiger partial charge in [-0.1, -0.05) is 30.3 Å². The van der Waals surface area contributed by atoms with E-state index in [1.165, 1.54) is 6.39 Å². The predicted octanol–water partition coefficient (Wildman–Crippen LogP) is 2.84. The summed E-state index contributed by atoms with van der Waals surface area (Å²) >= 11 is 0. The van der Waals surface area contributed by atoms with Gasteiger partial charge in [0, 0.05) is 10.9 Å². The normalized spacial score (nSPS) is 11.1. The first-order chi connectivity index (χ1) is 10.8. The van der Waals surface area contributed by atoms with Crippen LogP contribution in [0.15, 0.2) is 59.3 Å². The van der Waals surface area contributed by atoms with Crippen LogP contribution in [-0.4, -0.2) is 25.1 Å². The number of nitrogens with zero attached hydrogens (tertiary/aromatic N) is 4. The van der Waals surface area contributed by atoms with E-state index >= 15 is 0 Å². The summed E-state index contributed by atoms with van der Waals surface area (Å²) in [5.41, 5.74) is 2.64. The Hall–Kier alpha value is -3.15. The van der Waals surface area contributed by atoms with Gasteiger partial charge in [0.25, 0.3) is 0 Å². The third-order valence-corrected chi connectivity index (χ3v) is 3.47. The Morgan fingerprint density at radius 1 is 1.09 bits per heavy atom. The molecule has 0 aliphatic carbocycles. The molecule has 4 aromatic rings. The third-order valence-electron chi connectivity index (χ3n) is 3.47. The van der Waals surface area contributed by atoms with Gasteiger partial charge in [0.1, 0.15) is 18.0 Å². The first-order valence-electron chi connectivity index (χ1n) is 6.81. The molecule has 0 spiro atoms. The van der Waals surface area contributed by atoms with E-state index in [0.29, 0.717) is 12.4 Å². The van der Waals surface area contributed by atoms with Crippen LogP contribution in [0.5, 0.6) is 5.75 Å². The molecule has 22 heavy (non-hydrogen) atoms. The average molecular weight is 292 g/mol. The number of fused-ring (bicyclic) bond motifs is 1. The number of para-hydroxylation sites is 1. The van der Waals surface area contributed by atoms with Crippen molar-refractivity contribution < 1.29 is 9.52 Å². The summed E-state index contributed by atoms with van der Waals surface area (Å²) in [6.07, 6.45) is 1.30. The number of hydrogen-bond donors (Lipinski definition) is 1. The largest absolute Gasteiger partial charge is 0.508 e. The lowest BCUT2D eigenvalue weighted by molar-refractivity contribution is 0.468. The summed E-state index contributed by atoms with van der Waals surface area (Å²) in [4.78, 5) is 0. The van der Waals surface area contributed by atoms with E-state index < -0.39 is 0 Å². The molecular weight excluding hydrogens is 280 g/mol. The Bertz CT molecular complexity index is 928. The monoisotopic (exact) mass is 292 g/mol. The summed E-state index contributed by atoms with van der Waals surface area (Å²) in [5.74, 6) is 0.712. The van der Waals surface area contributed by atoms with Crippen LogP contribution in [0.3, 0.4) is 0 Å². The quantitative estimate of drug-likeness (QED) is 0.628. The second-order valence-electron chi connectivity index (χ2n) is 4.91. The van der Waals surface area contributed by atoms with Crippen molar-refractivity contribution >= 4 is 10.9 Å². The predicted molar refractivity (Wildman–Crippen MR) is 80.2 cm³/mol. The lowest BCUT2D eigenvalue weighted by atomic mass is 10.1. The fraction of sp³-hybridized carbons (Fsp3) is 0.0625. The minimum atomic E-state index is 0.216. The molecule has 0 atom stereocenters. The standard InChI is InChI=1S/C16H12N4O2/c21-12-5-3-4-11(8-12)16-13-6-1-2-7-14(13)20(19-16)9-15-18-17-10-22-15/h1-8,10,21H,9H2. The van der Waals surface area contributed by atoms with E-state index in [4.69, 9.17) is 4.42 Å². The highest BCUT2D eigenvalue weighted by Gasteiger charge is 2.13.